The van der Waals surface area contributed by atoms with Gasteiger partial charge < -0.3 is 0 Å². The van der Waals surface area contributed by atoms with Gasteiger partial charge in [-0.2, -0.15) is 16.8 Å². The predicted molar refractivity (Wildman–Crippen MR) is 63.7 cm³/mol. The Morgan fingerprint density at radius 3 is 2.00 bits per heavy atom. The van der Waals surface area contributed by atoms with Crippen molar-refractivity contribution in [2.75, 3.05) is 0 Å². The van der Waals surface area contributed by atoms with Gasteiger partial charge in [0.25, 0.3) is 20.2 Å². The lowest BCUT2D eigenvalue weighted by Gasteiger charge is -2.06. The van der Waals surface area contributed by atoms with Crippen LogP contribution in [0.5, 0.6) is 5.75 Å². The standard InChI is InChI=1S/C10H7O7S2/c11-7-2-1-6-3-8(18(12,13)14)5-10(9(6)4-7)19(15,16)17/h1-5H,(H,12,13,14)(H,15,16,17). The summed E-state index contributed by atoms with van der Waals surface area (Å²) in [6.45, 7) is 0. The lowest BCUT2D eigenvalue weighted by molar-refractivity contribution is 0.355. The van der Waals surface area contributed by atoms with Crippen LogP contribution >= 0.6 is 0 Å². The monoisotopic (exact) mass is 303 g/mol. The minimum Gasteiger partial charge on any atom is -0.290 e. The highest BCUT2D eigenvalue weighted by Crippen LogP contribution is 2.29. The Labute approximate surface area is 108 Å². The molecule has 0 heterocycles. The molecule has 0 fully saturated rings. The summed E-state index contributed by atoms with van der Waals surface area (Å²) in [5, 5.41) is 11.2. The Morgan fingerprint density at radius 2 is 1.47 bits per heavy atom. The third-order valence-electron chi connectivity index (χ3n) is 2.44. The van der Waals surface area contributed by atoms with Gasteiger partial charge in [0.15, 0.2) is 5.75 Å². The van der Waals surface area contributed by atoms with Gasteiger partial charge in [0.2, 0.25) is 0 Å². The third-order valence-corrected chi connectivity index (χ3v) is 4.16. The first kappa shape index (κ1) is 13.7. The van der Waals surface area contributed by atoms with Crippen LogP contribution in [0.1, 0.15) is 0 Å². The molecule has 0 saturated carbocycles. The van der Waals surface area contributed by atoms with Crippen LogP contribution in [-0.4, -0.2) is 25.9 Å². The molecule has 2 aromatic carbocycles. The molecule has 2 N–H and O–H groups in total. The first-order valence-electron chi connectivity index (χ1n) is 4.79. The molecule has 0 amide bonds. The van der Waals surface area contributed by atoms with Crippen LogP contribution in [0.3, 0.4) is 0 Å². The summed E-state index contributed by atoms with van der Waals surface area (Å²) in [7, 11) is -9.38. The molecule has 0 bridgehead atoms. The van der Waals surface area contributed by atoms with E-state index in [0.29, 0.717) is 6.07 Å². The zero-order valence-corrected chi connectivity index (χ0v) is 10.8. The van der Waals surface area contributed by atoms with Crippen molar-refractivity contribution >= 4 is 31.0 Å². The average Bonchev–Trinajstić information content (AvgIpc) is 2.24. The van der Waals surface area contributed by atoms with Gasteiger partial charge >= 0.3 is 0 Å². The number of fused-ring (bicyclic) bond motifs is 1. The predicted octanol–water partition coefficient (Wildman–Crippen LogP) is 1.48. The number of rotatable bonds is 2. The summed E-state index contributed by atoms with van der Waals surface area (Å²) in [5.74, 6) is -0.503. The SMILES string of the molecule is [O]c1ccc2cc(S(=O)(=O)O)cc(S(=O)(=O)O)c2c1. The quantitative estimate of drug-likeness (QED) is 0.808. The van der Waals surface area contributed by atoms with E-state index in [2.05, 4.69) is 0 Å². The highest BCUT2D eigenvalue weighted by Gasteiger charge is 2.20. The molecular weight excluding hydrogens is 296 g/mol. The van der Waals surface area contributed by atoms with E-state index >= 15 is 0 Å². The summed E-state index contributed by atoms with van der Waals surface area (Å²) in [6, 6.07) is 4.84. The highest BCUT2D eigenvalue weighted by molar-refractivity contribution is 7.86. The molecule has 0 spiro atoms. The van der Waals surface area contributed by atoms with Crippen molar-refractivity contribution in [3.8, 4) is 5.75 Å². The molecule has 0 aliphatic heterocycles. The molecule has 0 saturated heterocycles. The van der Waals surface area contributed by atoms with Gasteiger partial charge in [0, 0.05) is 5.39 Å². The largest absolute Gasteiger partial charge is 0.295 e. The summed E-state index contributed by atoms with van der Waals surface area (Å²) < 4.78 is 62.5. The van der Waals surface area contributed by atoms with Gasteiger partial charge in [-0.3, -0.25) is 14.2 Å². The van der Waals surface area contributed by atoms with E-state index in [9.17, 15) is 21.9 Å². The Hall–Kier alpha value is -1.68. The van der Waals surface area contributed by atoms with Crippen LogP contribution in [0.25, 0.3) is 10.8 Å². The van der Waals surface area contributed by atoms with Crippen LogP contribution in [-0.2, 0) is 25.3 Å². The van der Waals surface area contributed by atoms with Crippen molar-refractivity contribution in [3.05, 3.63) is 30.3 Å². The second-order valence-electron chi connectivity index (χ2n) is 3.75. The van der Waals surface area contributed by atoms with E-state index < -0.39 is 35.8 Å². The van der Waals surface area contributed by atoms with Crippen LogP contribution in [0.2, 0.25) is 0 Å². The summed E-state index contributed by atoms with van der Waals surface area (Å²) in [4.78, 5) is -1.44. The van der Waals surface area contributed by atoms with E-state index in [1.165, 1.54) is 6.07 Å². The third kappa shape index (κ3) is 2.68. The molecule has 0 aliphatic carbocycles. The first-order valence-corrected chi connectivity index (χ1v) is 7.67. The molecule has 2 rings (SSSR count). The molecule has 0 aromatic heterocycles. The maximum absolute atomic E-state index is 11.2. The maximum atomic E-state index is 11.2. The van der Waals surface area contributed by atoms with Crippen molar-refractivity contribution < 1.29 is 31.0 Å². The molecule has 19 heavy (non-hydrogen) atoms. The van der Waals surface area contributed by atoms with Gasteiger partial charge in [-0.25, -0.2) is 0 Å². The molecule has 101 valence electrons. The van der Waals surface area contributed by atoms with Crippen LogP contribution in [0.4, 0.5) is 0 Å². The Bertz CT molecular complexity index is 866. The highest BCUT2D eigenvalue weighted by atomic mass is 32.2. The van der Waals surface area contributed by atoms with Crippen molar-refractivity contribution in [1.82, 2.24) is 0 Å². The minimum absolute atomic E-state index is 0.0855. The molecule has 1 radical (unpaired) electrons. The van der Waals surface area contributed by atoms with E-state index in [0.717, 1.165) is 18.2 Å². The van der Waals surface area contributed by atoms with Crippen LogP contribution in [0.15, 0.2) is 40.1 Å². The van der Waals surface area contributed by atoms with Gasteiger partial charge in [0.05, 0.1) is 4.90 Å². The number of hydrogen-bond donors (Lipinski definition) is 2. The van der Waals surface area contributed by atoms with Crippen molar-refractivity contribution in [2.24, 2.45) is 0 Å². The average molecular weight is 303 g/mol. The molecule has 0 aliphatic rings. The molecular formula is C10H7O7S2. The van der Waals surface area contributed by atoms with Crippen LogP contribution < -0.4 is 0 Å². The lowest BCUT2D eigenvalue weighted by Crippen LogP contribution is -2.04. The Morgan fingerprint density at radius 1 is 0.842 bits per heavy atom. The van der Waals surface area contributed by atoms with E-state index in [-0.39, 0.29) is 10.8 Å². The second-order valence-corrected chi connectivity index (χ2v) is 6.57. The van der Waals surface area contributed by atoms with E-state index in [1.807, 2.05) is 0 Å². The van der Waals surface area contributed by atoms with Gasteiger partial charge in [0.1, 0.15) is 4.90 Å². The second kappa shape index (κ2) is 4.17. The zero-order valence-electron chi connectivity index (χ0n) is 9.14. The summed E-state index contributed by atoms with van der Waals surface area (Å²) in [5.41, 5.74) is 0. The molecule has 7 nitrogen and oxygen atoms in total. The fraction of sp³-hybridized carbons (Fsp3) is 0. The Kier molecular flexibility index (Phi) is 3.01. The summed E-state index contributed by atoms with van der Waals surface area (Å²) in [6.07, 6.45) is 0. The zero-order chi connectivity index (χ0) is 14.4. The molecule has 0 atom stereocenters. The first-order chi connectivity index (χ1) is 8.59. The van der Waals surface area contributed by atoms with E-state index in [4.69, 9.17) is 9.11 Å². The van der Waals surface area contributed by atoms with Crippen molar-refractivity contribution in [3.63, 3.8) is 0 Å². The van der Waals surface area contributed by atoms with Crippen molar-refractivity contribution in [1.29, 1.82) is 0 Å². The molecule has 2 aromatic rings. The maximum Gasteiger partial charge on any atom is 0.295 e. The fourth-order valence-corrected chi connectivity index (χ4v) is 2.99. The number of benzene rings is 2. The lowest BCUT2D eigenvalue weighted by atomic mass is 10.1. The normalized spacial score (nSPS) is 12.7. The summed E-state index contributed by atoms with van der Waals surface area (Å²) >= 11 is 0. The molecule has 0 unspecified atom stereocenters. The molecule has 9 heteroatoms. The smallest absolute Gasteiger partial charge is 0.290 e. The van der Waals surface area contributed by atoms with Gasteiger partial charge in [-0.05, 0) is 29.7 Å². The van der Waals surface area contributed by atoms with Gasteiger partial charge in [-0.1, -0.05) is 6.07 Å². The fourth-order valence-electron chi connectivity index (χ4n) is 1.64. The minimum atomic E-state index is -4.74. The number of hydrogen-bond acceptors (Lipinski definition) is 4. The topological polar surface area (TPSA) is 129 Å². The Balaban J connectivity index is 3.01. The van der Waals surface area contributed by atoms with Crippen molar-refractivity contribution in [2.45, 2.75) is 9.79 Å². The van der Waals surface area contributed by atoms with E-state index in [1.54, 1.807) is 0 Å². The van der Waals surface area contributed by atoms with Crippen LogP contribution in [0, 0.1) is 0 Å². The van der Waals surface area contributed by atoms with Gasteiger partial charge in [-0.15, -0.1) is 0 Å².